The highest BCUT2D eigenvalue weighted by Crippen LogP contribution is 2.14. The molecule has 0 bridgehead atoms. The van der Waals surface area contributed by atoms with Gasteiger partial charge in [0.05, 0.1) is 6.33 Å². The van der Waals surface area contributed by atoms with Gasteiger partial charge < -0.3 is 4.98 Å². The van der Waals surface area contributed by atoms with Gasteiger partial charge in [-0.25, -0.2) is 28.1 Å². The van der Waals surface area contributed by atoms with E-state index in [4.69, 9.17) is 0 Å². The van der Waals surface area contributed by atoms with Gasteiger partial charge in [0.25, 0.3) is 10.0 Å². The number of sulfonamides is 1. The molecular formula is C8H11N5O2S. The average molecular weight is 241 g/mol. The molecule has 0 fully saturated rings. The van der Waals surface area contributed by atoms with E-state index in [1.165, 1.54) is 12.7 Å². The van der Waals surface area contributed by atoms with Gasteiger partial charge in [0, 0.05) is 6.54 Å². The highest BCUT2D eigenvalue weighted by molar-refractivity contribution is 7.89. The number of fused-ring (bicyclic) bond motifs is 1. The molecule has 0 aliphatic carbocycles. The number of hydrogen-bond acceptors (Lipinski definition) is 5. The lowest BCUT2D eigenvalue weighted by Crippen LogP contribution is -2.25. The SMILES string of the molecule is CCCNS(=O)(=O)c1ncnc2nc[nH]c12. The predicted molar refractivity (Wildman–Crippen MR) is 57.2 cm³/mol. The summed E-state index contributed by atoms with van der Waals surface area (Å²) in [6.07, 6.45) is 3.29. The summed E-state index contributed by atoms with van der Waals surface area (Å²) >= 11 is 0. The van der Waals surface area contributed by atoms with Crippen molar-refractivity contribution in [1.29, 1.82) is 0 Å². The molecule has 8 heteroatoms. The predicted octanol–water partition coefficient (Wildman–Crippen LogP) is 0.0412. The summed E-state index contributed by atoms with van der Waals surface area (Å²) in [7, 11) is -3.59. The van der Waals surface area contributed by atoms with Crippen LogP contribution in [0.4, 0.5) is 0 Å². The Morgan fingerprint density at radius 1 is 1.38 bits per heavy atom. The molecule has 0 saturated heterocycles. The number of hydrogen-bond donors (Lipinski definition) is 2. The van der Waals surface area contributed by atoms with Crippen LogP contribution < -0.4 is 4.72 Å². The van der Waals surface area contributed by atoms with Gasteiger partial charge >= 0.3 is 0 Å². The maximum absolute atomic E-state index is 11.9. The molecule has 0 saturated carbocycles. The number of nitrogens with zero attached hydrogens (tertiary/aromatic N) is 3. The van der Waals surface area contributed by atoms with Crippen LogP contribution >= 0.6 is 0 Å². The van der Waals surface area contributed by atoms with E-state index in [9.17, 15) is 8.42 Å². The minimum atomic E-state index is -3.59. The zero-order valence-electron chi connectivity index (χ0n) is 8.64. The first kappa shape index (κ1) is 11.0. The highest BCUT2D eigenvalue weighted by atomic mass is 32.2. The molecule has 2 heterocycles. The molecule has 0 aliphatic heterocycles. The van der Waals surface area contributed by atoms with E-state index in [0.29, 0.717) is 17.7 Å². The fraction of sp³-hybridized carbons (Fsp3) is 0.375. The lowest BCUT2D eigenvalue weighted by atomic mass is 10.5. The fourth-order valence-corrected chi connectivity index (χ4v) is 2.47. The van der Waals surface area contributed by atoms with Crippen molar-refractivity contribution in [2.24, 2.45) is 0 Å². The van der Waals surface area contributed by atoms with Crippen molar-refractivity contribution in [3.05, 3.63) is 12.7 Å². The topological polar surface area (TPSA) is 101 Å². The third-order valence-electron chi connectivity index (χ3n) is 1.98. The lowest BCUT2D eigenvalue weighted by molar-refractivity contribution is 0.577. The van der Waals surface area contributed by atoms with Crippen LogP contribution in [0.5, 0.6) is 0 Å². The molecular weight excluding hydrogens is 230 g/mol. The number of aromatic amines is 1. The van der Waals surface area contributed by atoms with Crippen LogP contribution in [-0.4, -0.2) is 34.9 Å². The second kappa shape index (κ2) is 4.14. The molecule has 16 heavy (non-hydrogen) atoms. The Bertz CT molecular complexity index is 591. The molecule has 0 spiro atoms. The third-order valence-corrected chi connectivity index (χ3v) is 3.39. The molecule has 2 N–H and O–H groups in total. The van der Waals surface area contributed by atoms with Gasteiger partial charge in [0.1, 0.15) is 11.8 Å². The Kier molecular flexibility index (Phi) is 2.84. The molecule has 86 valence electrons. The van der Waals surface area contributed by atoms with E-state index in [1.54, 1.807) is 0 Å². The number of imidazole rings is 1. The van der Waals surface area contributed by atoms with E-state index in [2.05, 4.69) is 24.7 Å². The highest BCUT2D eigenvalue weighted by Gasteiger charge is 2.19. The van der Waals surface area contributed by atoms with Crippen molar-refractivity contribution in [3.63, 3.8) is 0 Å². The first-order chi connectivity index (χ1) is 7.65. The summed E-state index contributed by atoms with van der Waals surface area (Å²) in [6.45, 7) is 2.26. The number of H-pyrrole nitrogens is 1. The van der Waals surface area contributed by atoms with Gasteiger partial charge in [0.15, 0.2) is 10.7 Å². The van der Waals surface area contributed by atoms with Gasteiger partial charge in [-0.2, -0.15) is 0 Å². The van der Waals surface area contributed by atoms with Crippen LogP contribution in [0.3, 0.4) is 0 Å². The largest absolute Gasteiger partial charge is 0.341 e. The molecule has 0 atom stereocenters. The Morgan fingerprint density at radius 2 is 2.19 bits per heavy atom. The molecule has 7 nitrogen and oxygen atoms in total. The van der Waals surface area contributed by atoms with E-state index < -0.39 is 10.0 Å². The first-order valence-electron chi connectivity index (χ1n) is 4.79. The average Bonchev–Trinajstić information content (AvgIpc) is 2.73. The van der Waals surface area contributed by atoms with Gasteiger partial charge in [-0.3, -0.25) is 0 Å². The monoisotopic (exact) mass is 241 g/mol. The Labute approximate surface area is 92.4 Å². The fourth-order valence-electron chi connectivity index (χ4n) is 1.25. The minimum absolute atomic E-state index is 0.0662. The van der Waals surface area contributed by atoms with Gasteiger partial charge in [0.2, 0.25) is 0 Å². The summed E-state index contributed by atoms with van der Waals surface area (Å²) in [5.74, 6) is 0. The van der Waals surface area contributed by atoms with Crippen LogP contribution in [0.15, 0.2) is 17.7 Å². The number of rotatable bonds is 4. The van der Waals surface area contributed by atoms with Gasteiger partial charge in [-0.15, -0.1) is 0 Å². The second-order valence-electron chi connectivity index (χ2n) is 3.18. The molecule has 0 radical (unpaired) electrons. The smallest absolute Gasteiger partial charge is 0.260 e. The van der Waals surface area contributed by atoms with Crippen molar-refractivity contribution in [3.8, 4) is 0 Å². The summed E-state index contributed by atoms with van der Waals surface area (Å²) in [4.78, 5) is 14.2. The zero-order valence-corrected chi connectivity index (χ0v) is 9.45. The Balaban J connectivity index is 2.50. The molecule has 2 aromatic heterocycles. The Morgan fingerprint density at radius 3 is 2.94 bits per heavy atom. The van der Waals surface area contributed by atoms with Crippen LogP contribution in [0.1, 0.15) is 13.3 Å². The summed E-state index contributed by atoms with van der Waals surface area (Å²) in [5.41, 5.74) is 0.665. The van der Waals surface area contributed by atoms with E-state index >= 15 is 0 Å². The number of nitrogens with one attached hydrogen (secondary N) is 2. The Hall–Kier alpha value is -1.54. The standard InChI is InChI=1S/C8H11N5O2S/c1-2-3-13-16(14,15)8-6-7(10-4-9-6)11-5-12-8/h4-5,13H,2-3H2,1H3,(H,9,10,11,12). The number of aromatic nitrogens is 4. The molecule has 0 unspecified atom stereocenters. The first-order valence-corrected chi connectivity index (χ1v) is 6.27. The van der Waals surface area contributed by atoms with Crippen molar-refractivity contribution in [1.82, 2.24) is 24.7 Å². The quantitative estimate of drug-likeness (QED) is 0.736. The van der Waals surface area contributed by atoms with Crippen molar-refractivity contribution >= 4 is 21.2 Å². The van der Waals surface area contributed by atoms with Crippen LogP contribution in [0.2, 0.25) is 0 Å². The third kappa shape index (κ3) is 1.89. The summed E-state index contributed by atoms with van der Waals surface area (Å²) < 4.78 is 26.1. The summed E-state index contributed by atoms with van der Waals surface area (Å²) in [6, 6.07) is 0. The van der Waals surface area contributed by atoms with Crippen LogP contribution in [0, 0.1) is 0 Å². The maximum Gasteiger partial charge on any atom is 0.260 e. The molecule has 0 aliphatic rings. The van der Waals surface area contributed by atoms with Gasteiger partial charge in [-0.1, -0.05) is 6.92 Å². The van der Waals surface area contributed by atoms with E-state index in [1.807, 2.05) is 6.92 Å². The normalized spacial score (nSPS) is 12.1. The zero-order chi connectivity index (χ0) is 11.6. The van der Waals surface area contributed by atoms with E-state index in [-0.39, 0.29) is 5.03 Å². The molecule has 2 rings (SSSR count). The van der Waals surface area contributed by atoms with Gasteiger partial charge in [-0.05, 0) is 6.42 Å². The van der Waals surface area contributed by atoms with Crippen LogP contribution in [0.25, 0.3) is 11.2 Å². The summed E-state index contributed by atoms with van der Waals surface area (Å²) in [5, 5.41) is -0.0662. The molecule has 2 aromatic rings. The molecule has 0 aromatic carbocycles. The van der Waals surface area contributed by atoms with E-state index in [0.717, 1.165) is 6.42 Å². The minimum Gasteiger partial charge on any atom is -0.341 e. The lowest BCUT2D eigenvalue weighted by Gasteiger charge is -2.04. The van der Waals surface area contributed by atoms with Crippen molar-refractivity contribution in [2.75, 3.05) is 6.54 Å². The van der Waals surface area contributed by atoms with Crippen LogP contribution in [-0.2, 0) is 10.0 Å². The maximum atomic E-state index is 11.9. The second-order valence-corrected chi connectivity index (χ2v) is 4.86. The van der Waals surface area contributed by atoms with Crippen molar-refractivity contribution in [2.45, 2.75) is 18.4 Å². The molecule has 0 amide bonds. The van der Waals surface area contributed by atoms with Crippen molar-refractivity contribution < 1.29 is 8.42 Å².